The molecule has 2 atom stereocenters. The molecule has 3 heterocycles. The largest absolute Gasteiger partial charge is 0.361 e. The second-order valence-electron chi connectivity index (χ2n) is 6.06. The van der Waals surface area contributed by atoms with Crippen molar-refractivity contribution in [3.63, 3.8) is 0 Å². The summed E-state index contributed by atoms with van der Waals surface area (Å²) >= 11 is 0. The van der Waals surface area contributed by atoms with E-state index in [1.165, 1.54) is 0 Å². The molecule has 1 aliphatic heterocycles. The maximum atomic E-state index is 13.8. The molecule has 8 nitrogen and oxygen atoms in total. The van der Waals surface area contributed by atoms with E-state index in [1.54, 1.807) is 20.8 Å². The molecule has 130 valence electrons. The van der Waals surface area contributed by atoms with E-state index in [-0.39, 0.29) is 11.9 Å². The number of hydrogen-bond acceptors (Lipinski definition) is 7. The van der Waals surface area contributed by atoms with E-state index in [0.29, 0.717) is 54.8 Å². The van der Waals surface area contributed by atoms with Gasteiger partial charge in [0.15, 0.2) is 5.82 Å². The molecule has 0 aliphatic carbocycles. The van der Waals surface area contributed by atoms with Crippen LogP contribution in [0.3, 0.4) is 0 Å². The van der Waals surface area contributed by atoms with Crippen LogP contribution in [-0.2, 0) is 6.54 Å². The summed E-state index contributed by atoms with van der Waals surface area (Å²) in [5, 5.41) is 10.4. The van der Waals surface area contributed by atoms with Crippen molar-refractivity contribution in [1.29, 1.82) is 0 Å². The zero-order valence-electron chi connectivity index (χ0n) is 13.9. The van der Waals surface area contributed by atoms with E-state index in [4.69, 9.17) is 9.05 Å². The molecular weight excluding hydrogens is 317 g/mol. The predicted molar refractivity (Wildman–Crippen MR) is 81.1 cm³/mol. The van der Waals surface area contributed by atoms with Crippen molar-refractivity contribution < 1.29 is 18.2 Å². The van der Waals surface area contributed by atoms with E-state index < -0.39 is 6.17 Å². The van der Waals surface area contributed by atoms with Crippen molar-refractivity contribution in [1.82, 2.24) is 25.5 Å². The van der Waals surface area contributed by atoms with Crippen LogP contribution < -0.4 is 5.32 Å². The molecule has 1 amide bonds. The number of aromatic nitrogens is 3. The molecule has 0 bridgehead atoms. The van der Waals surface area contributed by atoms with E-state index in [9.17, 15) is 9.18 Å². The first-order valence-corrected chi connectivity index (χ1v) is 7.82. The second kappa shape index (κ2) is 6.68. The molecule has 0 unspecified atom stereocenters. The minimum Gasteiger partial charge on any atom is -0.361 e. The van der Waals surface area contributed by atoms with Gasteiger partial charge >= 0.3 is 0 Å². The molecule has 0 radical (unpaired) electrons. The average Bonchev–Trinajstić information content (AvgIpc) is 3.18. The average molecular weight is 337 g/mol. The highest BCUT2D eigenvalue weighted by Crippen LogP contribution is 2.22. The SMILES string of the molecule is Cc1nc(CN2C[C@@H](F)C[C@H]2CNC(=O)c2c(C)noc2C)no1. The summed E-state index contributed by atoms with van der Waals surface area (Å²) in [5.74, 6) is 1.20. The number of halogens is 1. The molecule has 0 aromatic carbocycles. The van der Waals surface area contributed by atoms with E-state index >= 15 is 0 Å². The predicted octanol–water partition coefficient (Wildman–Crippen LogP) is 1.33. The first-order chi connectivity index (χ1) is 11.4. The van der Waals surface area contributed by atoms with Gasteiger partial charge in [0.05, 0.1) is 12.2 Å². The number of nitrogens with zero attached hydrogens (tertiary/aromatic N) is 4. The molecule has 2 aromatic heterocycles. The number of carbonyl (C=O) groups excluding carboxylic acids is 1. The van der Waals surface area contributed by atoms with Gasteiger partial charge in [0.1, 0.15) is 17.5 Å². The third-order valence-electron chi connectivity index (χ3n) is 4.15. The number of carbonyl (C=O) groups is 1. The Hall–Kier alpha value is -2.29. The molecule has 1 fully saturated rings. The molecule has 3 rings (SSSR count). The molecule has 1 saturated heterocycles. The van der Waals surface area contributed by atoms with E-state index in [1.807, 2.05) is 4.90 Å². The molecule has 0 spiro atoms. The van der Waals surface area contributed by atoms with E-state index in [2.05, 4.69) is 20.6 Å². The van der Waals surface area contributed by atoms with Gasteiger partial charge in [0.2, 0.25) is 5.89 Å². The van der Waals surface area contributed by atoms with Gasteiger partial charge in [0, 0.05) is 26.1 Å². The minimum atomic E-state index is -0.932. The number of hydrogen-bond donors (Lipinski definition) is 1. The minimum absolute atomic E-state index is 0.122. The highest BCUT2D eigenvalue weighted by Gasteiger charge is 2.33. The number of rotatable bonds is 5. The maximum Gasteiger partial charge on any atom is 0.256 e. The summed E-state index contributed by atoms with van der Waals surface area (Å²) in [6, 6.07) is -0.122. The van der Waals surface area contributed by atoms with Crippen LogP contribution in [0.4, 0.5) is 4.39 Å². The fraction of sp³-hybridized carbons (Fsp3) is 0.600. The number of likely N-dealkylation sites (tertiary alicyclic amines) is 1. The third kappa shape index (κ3) is 3.45. The van der Waals surface area contributed by atoms with Crippen molar-refractivity contribution in [3.8, 4) is 0 Å². The summed E-state index contributed by atoms with van der Waals surface area (Å²) in [5.41, 5.74) is 0.976. The Balaban J connectivity index is 1.61. The van der Waals surface area contributed by atoms with Gasteiger partial charge in [-0.25, -0.2) is 4.39 Å². The van der Waals surface area contributed by atoms with Crippen LogP contribution in [-0.4, -0.2) is 51.4 Å². The molecule has 0 saturated carbocycles. The smallest absolute Gasteiger partial charge is 0.256 e. The molecule has 2 aromatic rings. The van der Waals surface area contributed by atoms with Crippen LogP contribution in [0.1, 0.15) is 39.9 Å². The summed E-state index contributed by atoms with van der Waals surface area (Å²) in [6.07, 6.45) is -0.572. The number of amides is 1. The Bertz CT molecular complexity index is 709. The first-order valence-electron chi connectivity index (χ1n) is 7.82. The second-order valence-corrected chi connectivity index (χ2v) is 6.06. The maximum absolute atomic E-state index is 13.8. The molecule has 1 aliphatic rings. The first kappa shape index (κ1) is 16.6. The van der Waals surface area contributed by atoms with Gasteiger partial charge in [0.25, 0.3) is 5.91 Å². The summed E-state index contributed by atoms with van der Waals surface area (Å²) < 4.78 is 23.8. The van der Waals surface area contributed by atoms with Gasteiger partial charge in [-0.3, -0.25) is 9.69 Å². The quantitative estimate of drug-likeness (QED) is 0.879. The monoisotopic (exact) mass is 337 g/mol. The summed E-state index contributed by atoms with van der Waals surface area (Å²) in [4.78, 5) is 18.4. The number of aryl methyl sites for hydroxylation is 3. The number of nitrogens with one attached hydrogen (secondary N) is 1. The van der Waals surface area contributed by atoms with Gasteiger partial charge in [-0.2, -0.15) is 4.98 Å². The van der Waals surface area contributed by atoms with Gasteiger partial charge < -0.3 is 14.4 Å². The molecule has 9 heteroatoms. The standard InChI is InChI=1S/C15H20FN5O3/c1-8-14(9(2)23-19-8)15(22)17-5-12-4-11(16)6-21(12)7-13-18-10(3)24-20-13/h11-12H,4-7H2,1-3H3,(H,17,22)/t11-,12-/m0/s1. The van der Waals surface area contributed by atoms with Crippen molar-refractivity contribution in [2.24, 2.45) is 0 Å². The fourth-order valence-corrected chi connectivity index (χ4v) is 3.02. The lowest BCUT2D eigenvalue weighted by Crippen LogP contribution is -2.40. The zero-order chi connectivity index (χ0) is 17.3. The normalized spacial score (nSPS) is 21.3. The lowest BCUT2D eigenvalue weighted by Gasteiger charge is -2.22. The zero-order valence-corrected chi connectivity index (χ0v) is 13.9. The Morgan fingerprint density at radius 2 is 2.12 bits per heavy atom. The van der Waals surface area contributed by atoms with Crippen LogP contribution in [0.2, 0.25) is 0 Å². The molecular formula is C15H20FN5O3. The highest BCUT2D eigenvalue weighted by molar-refractivity contribution is 5.96. The van der Waals surface area contributed by atoms with Crippen LogP contribution in [0, 0.1) is 20.8 Å². The summed E-state index contributed by atoms with van der Waals surface area (Å²) in [6.45, 7) is 6.12. The Labute approximate surface area is 138 Å². The van der Waals surface area contributed by atoms with E-state index in [0.717, 1.165) is 0 Å². The van der Waals surface area contributed by atoms with Crippen molar-refractivity contribution in [2.45, 2.75) is 46.0 Å². The highest BCUT2D eigenvalue weighted by atomic mass is 19.1. The Kier molecular flexibility index (Phi) is 4.61. The lowest BCUT2D eigenvalue weighted by atomic mass is 10.1. The number of alkyl halides is 1. The molecule has 1 N–H and O–H groups in total. The van der Waals surface area contributed by atoms with Crippen molar-refractivity contribution >= 4 is 5.91 Å². The van der Waals surface area contributed by atoms with Gasteiger partial charge in [-0.05, 0) is 20.3 Å². The van der Waals surface area contributed by atoms with Crippen LogP contribution in [0.25, 0.3) is 0 Å². The lowest BCUT2D eigenvalue weighted by molar-refractivity contribution is 0.0937. The van der Waals surface area contributed by atoms with Crippen LogP contribution >= 0.6 is 0 Å². The Morgan fingerprint density at radius 1 is 1.33 bits per heavy atom. The van der Waals surface area contributed by atoms with Crippen molar-refractivity contribution in [3.05, 3.63) is 28.7 Å². The fourth-order valence-electron chi connectivity index (χ4n) is 3.02. The van der Waals surface area contributed by atoms with Crippen LogP contribution in [0.5, 0.6) is 0 Å². The summed E-state index contributed by atoms with van der Waals surface area (Å²) in [7, 11) is 0. The topological polar surface area (TPSA) is 97.3 Å². The third-order valence-corrected chi connectivity index (χ3v) is 4.15. The van der Waals surface area contributed by atoms with Gasteiger partial charge in [-0.1, -0.05) is 10.3 Å². The van der Waals surface area contributed by atoms with Gasteiger partial charge in [-0.15, -0.1) is 0 Å². The molecule has 24 heavy (non-hydrogen) atoms. The van der Waals surface area contributed by atoms with Crippen molar-refractivity contribution in [2.75, 3.05) is 13.1 Å². The van der Waals surface area contributed by atoms with Crippen LogP contribution in [0.15, 0.2) is 9.05 Å². The Morgan fingerprint density at radius 3 is 2.75 bits per heavy atom.